The lowest BCUT2D eigenvalue weighted by Crippen LogP contribution is -2.13. The molecule has 15 heavy (non-hydrogen) atoms. The highest BCUT2D eigenvalue weighted by molar-refractivity contribution is 4.59. The van der Waals surface area contributed by atoms with E-state index < -0.39 is 6.10 Å². The summed E-state index contributed by atoms with van der Waals surface area (Å²) in [7, 11) is 0. The van der Waals surface area contributed by atoms with Crippen LogP contribution in [0.25, 0.3) is 0 Å². The molecule has 0 aromatic heterocycles. The summed E-state index contributed by atoms with van der Waals surface area (Å²) in [6, 6.07) is 0. The molecular formula is C13H28O2. The van der Waals surface area contributed by atoms with Crippen molar-refractivity contribution in [3.8, 4) is 0 Å². The lowest BCUT2D eigenvalue weighted by atomic mass is 9.96. The van der Waals surface area contributed by atoms with Crippen molar-refractivity contribution in [1.82, 2.24) is 0 Å². The molecule has 0 aliphatic carbocycles. The average Bonchev–Trinajstić information content (AvgIpc) is 2.25. The van der Waals surface area contributed by atoms with Crippen LogP contribution in [0, 0.1) is 5.92 Å². The summed E-state index contributed by atoms with van der Waals surface area (Å²) in [5.74, 6) is 0.688. The summed E-state index contributed by atoms with van der Waals surface area (Å²) in [5, 5.41) is 17.9. The number of unbranched alkanes of at least 4 members (excludes halogenated alkanes) is 4. The predicted molar refractivity (Wildman–Crippen MR) is 64.9 cm³/mol. The van der Waals surface area contributed by atoms with Gasteiger partial charge in [0.15, 0.2) is 0 Å². The molecule has 2 nitrogen and oxygen atoms in total. The molecule has 2 heteroatoms. The smallest absolute Gasteiger partial charge is 0.0771 e. The SMILES string of the molecule is CCCCCCCC(C)CCC(O)CO. The minimum absolute atomic E-state index is 0.0940. The van der Waals surface area contributed by atoms with Crippen LogP contribution in [0.15, 0.2) is 0 Å². The molecule has 0 aliphatic heterocycles. The van der Waals surface area contributed by atoms with Gasteiger partial charge in [-0.1, -0.05) is 52.4 Å². The van der Waals surface area contributed by atoms with Crippen molar-refractivity contribution in [3.63, 3.8) is 0 Å². The summed E-state index contributed by atoms with van der Waals surface area (Å²) in [6.45, 7) is 4.38. The Morgan fingerprint density at radius 2 is 1.60 bits per heavy atom. The van der Waals surface area contributed by atoms with Gasteiger partial charge < -0.3 is 10.2 Å². The Morgan fingerprint density at radius 1 is 0.933 bits per heavy atom. The first kappa shape index (κ1) is 14.9. The van der Waals surface area contributed by atoms with Crippen LogP contribution in [0.1, 0.15) is 65.2 Å². The number of aliphatic hydroxyl groups is 2. The molecule has 0 radical (unpaired) electrons. The second kappa shape index (κ2) is 10.4. The van der Waals surface area contributed by atoms with Crippen LogP contribution in [-0.4, -0.2) is 22.9 Å². The maximum Gasteiger partial charge on any atom is 0.0771 e. The molecule has 0 aliphatic rings. The Hall–Kier alpha value is -0.0800. The first-order chi connectivity index (χ1) is 7.20. The summed E-state index contributed by atoms with van der Waals surface area (Å²) in [4.78, 5) is 0. The third-order valence-electron chi connectivity index (χ3n) is 3.00. The Kier molecular flexibility index (Phi) is 10.4. The van der Waals surface area contributed by atoms with Crippen molar-refractivity contribution in [2.45, 2.75) is 71.3 Å². The minimum atomic E-state index is -0.507. The number of hydrogen-bond donors (Lipinski definition) is 2. The van der Waals surface area contributed by atoms with Gasteiger partial charge in [0.2, 0.25) is 0 Å². The highest BCUT2D eigenvalue weighted by atomic mass is 16.3. The van der Waals surface area contributed by atoms with Crippen LogP contribution in [0.4, 0.5) is 0 Å². The highest BCUT2D eigenvalue weighted by Crippen LogP contribution is 2.16. The van der Waals surface area contributed by atoms with Gasteiger partial charge in [-0.2, -0.15) is 0 Å². The Bertz CT molecular complexity index is 126. The van der Waals surface area contributed by atoms with Gasteiger partial charge in [-0.3, -0.25) is 0 Å². The van der Waals surface area contributed by atoms with Gasteiger partial charge in [0.05, 0.1) is 12.7 Å². The van der Waals surface area contributed by atoms with E-state index >= 15 is 0 Å². The van der Waals surface area contributed by atoms with E-state index in [0.717, 1.165) is 12.8 Å². The first-order valence-corrected chi connectivity index (χ1v) is 6.49. The molecule has 0 spiro atoms. The van der Waals surface area contributed by atoms with Gasteiger partial charge in [-0.15, -0.1) is 0 Å². The zero-order valence-corrected chi connectivity index (χ0v) is 10.4. The fourth-order valence-electron chi connectivity index (χ4n) is 1.81. The molecule has 0 heterocycles. The molecular weight excluding hydrogens is 188 g/mol. The van der Waals surface area contributed by atoms with Gasteiger partial charge >= 0.3 is 0 Å². The van der Waals surface area contributed by atoms with Gasteiger partial charge in [0.1, 0.15) is 0 Å². The summed E-state index contributed by atoms with van der Waals surface area (Å²) in [5.41, 5.74) is 0. The number of rotatable bonds is 10. The third-order valence-corrected chi connectivity index (χ3v) is 3.00. The zero-order chi connectivity index (χ0) is 11.5. The van der Waals surface area contributed by atoms with Crippen molar-refractivity contribution < 1.29 is 10.2 Å². The molecule has 0 aromatic rings. The fraction of sp³-hybridized carbons (Fsp3) is 1.00. The lowest BCUT2D eigenvalue weighted by molar-refractivity contribution is 0.0827. The molecule has 0 rings (SSSR count). The molecule has 0 aromatic carbocycles. The lowest BCUT2D eigenvalue weighted by Gasteiger charge is -2.13. The van der Waals surface area contributed by atoms with E-state index in [9.17, 15) is 5.11 Å². The van der Waals surface area contributed by atoms with Crippen molar-refractivity contribution in [1.29, 1.82) is 0 Å². The van der Waals surface area contributed by atoms with E-state index in [2.05, 4.69) is 13.8 Å². The molecule has 0 saturated heterocycles. The second-order valence-electron chi connectivity index (χ2n) is 4.72. The maximum atomic E-state index is 9.20. The Balaban J connectivity index is 3.21. The number of hydrogen-bond acceptors (Lipinski definition) is 2. The topological polar surface area (TPSA) is 40.5 Å². The summed E-state index contributed by atoms with van der Waals surface area (Å²) >= 11 is 0. The van der Waals surface area contributed by atoms with E-state index in [1.807, 2.05) is 0 Å². The first-order valence-electron chi connectivity index (χ1n) is 6.49. The zero-order valence-electron chi connectivity index (χ0n) is 10.4. The summed E-state index contributed by atoms with van der Waals surface area (Å²) in [6.07, 6.45) is 9.23. The van der Waals surface area contributed by atoms with Crippen LogP contribution < -0.4 is 0 Å². The number of aliphatic hydroxyl groups excluding tert-OH is 2. The van der Waals surface area contributed by atoms with E-state index in [1.165, 1.54) is 38.5 Å². The molecule has 0 fully saturated rings. The third kappa shape index (κ3) is 10.2. The van der Waals surface area contributed by atoms with Crippen LogP contribution in [0.5, 0.6) is 0 Å². The van der Waals surface area contributed by atoms with E-state index in [0.29, 0.717) is 5.92 Å². The molecule has 0 saturated carbocycles. The fourth-order valence-corrected chi connectivity index (χ4v) is 1.81. The van der Waals surface area contributed by atoms with Gasteiger partial charge in [0, 0.05) is 0 Å². The average molecular weight is 216 g/mol. The monoisotopic (exact) mass is 216 g/mol. The van der Waals surface area contributed by atoms with Crippen LogP contribution in [0.3, 0.4) is 0 Å². The minimum Gasteiger partial charge on any atom is -0.394 e. The van der Waals surface area contributed by atoms with Crippen molar-refractivity contribution >= 4 is 0 Å². The summed E-state index contributed by atoms with van der Waals surface area (Å²) < 4.78 is 0. The van der Waals surface area contributed by atoms with Crippen LogP contribution in [-0.2, 0) is 0 Å². The molecule has 92 valence electrons. The molecule has 0 amide bonds. The van der Waals surface area contributed by atoms with Crippen molar-refractivity contribution in [2.75, 3.05) is 6.61 Å². The predicted octanol–water partition coefficient (Wildman–Crippen LogP) is 3.12. The van der Waals surface area contributed by atoms with Gasteiger partial charge in [-0.25, -0.2) is 0 Å². The second-order valence-corrected chi connectivity index (χ2v) is 4.72. The van der Waals surface area contributed by atoms with Crippen molar-refractivity contribution in [2.24, 2.45) is 5.92 Å². The normalized spacial score (nSPS) is 15.2. The molecule has 2 atom stereocenters. The van der Waals surface area contributed by atoms with Crippen LogP contribution >= 0.6 is 0 Å². The standard InChI is InChI=1S/C13H28O2/c1-3-4-5-6-7-8-12(2)9-10-13(15)11-14/h12-15H,3-11H2,1-2H3. The van der Waals surface area contributed by atoms with E-state index in [4.69, 9.17) is 5.11 Å². The largest absolute Gasteiger partial charge is 0.394 e. The molecule has 0 bridgehead atoms. The highest BCUT2D eigenvalue weighted by Gasteiger charge is 2.06. The Labute approximate surface area is 94.7 Å². The van der Waals surface area contributed by atoms with Crippen molar-refractivity contribution in [3.05, 3.63) is 0 Å². The van der Waals surface area contributed by atoms with Crippen LogP contribution in [0.2, 0.25) is 0 Å². The van der Waals surface area contributed by atoms with Gasteiger partial charge in [-0.05, 0) is 18.8 Å². The van der Waals surface area contributed by atoms with E-state index in [1.54, 1.807) is 0 Å². The van der Waals surface area contributed by atoms with E-state index in [-0.39, 0.29) is 6.61 Å². The maximum absolute atomic E-state index is 9.20. The molecule has 2 N–H and O–H groups in total. The van der Waals surface area contributed by atoms with Gasteiger partial charge in [0.25, 0.3) is 0 Å². The molecule has 2 unspecified atom stereocenters. The Morgan fingerprint density at radius 3 is 2.20 bits per heavy atom. The quantitative estimate of drug-likeness (QED) is 0.551.